The molecule has 25 heavy (non-hydrogen) atoms. The van der Waals surface area contributed by atoms with Crippen LogP contribution in [0, 0.1) is 28.6 Å². The molecule has 0 radical (unpaired) electrons. The predicted octanol–water partition coefficient (Wildman–Crippen LogP) is 6.15. The summed E-state index contributed by atoms with van der Waals surface area (Å²) in [5, 5.41) is 3.30. The number of piperidine rings is 1. The van der Waals surface area contributed by atoms with Crippen LogP contribution >= 0.6 is 0 Å². The van der Waals surface area contributed by atoms with E-state index in [9.17, 15) is 4.91 Å². The fourth-order valence-corrected chi connectivity index (χ4v) is 5.86. The molecule has 142 valence electrons. The average molecular weight is 347 g/mol. The Kier molecular flexibility index (Phi) is 7.51. The highest BCUT2D eigenvalue weighted by Crippen LogP contribution is 2.41. The second kappa shape index (κ2) is 9.85. The third-order valence-electron chi connectivity index (χ3n) is 7.38. The fourth-order valence-electron chi connectivity index (χ4n) is 5.86. The first-order chi connectivity index (χ1) is 12.3. The number of hydrogen-bond donors (Lipinski definition) is 0. The second-order valence-corrected chi connectivity index (χ2v) is 8.98. The van der Waals surface area contributed by atoms with Crippen LogP contribution in [0.25, 0.3) is 0 Å². The first-order valence-corrected chi connectivity index (χ1v) is 11.0. The SMILES string of the molecule is C=C(N=O)C(C1CCCCC1)C1CCN(CCC2CCCCC2)CC1. The normalized spacial score (nSPS) is 26.4. The molecule has 1 atom stereocenters. The van der Waals surface area contributed by atoms with Crippen LogP contribution in [0.4, 0.5) is 0 Å². The van der Waals surface area contributed by atoms with Crippen LogP contribution in [0.3, 0.4) is 0 Å². The minimum Gasteiger partial charge on any atom is -0.303 e. The Morgan fingerprint density at radius 2 is 1.44 bits per heavy atom. The van der Waals surface area contributed by atoms with Gasteiger partial charge in [-0.05, 0) is 74.7 Å². The lowest BCUT2D eigenvalue weighted by atomic mass is 9.70. The number of nitrogens with zero attached hydrogens (tertiary/aromatic N) is 2. The highest BCUT2D eigenvalue weighted by molar-refractivity contribution is 5.04. The van der Waals surface area contributed by atoms with Crippen molar-refractivity contribution in [3.63, 3.8) is 0 Å². The first-order valence-electron chi connectivity index (χ1n) is 11.0. The lowest BCUT2D eigenvalue weighted by molar-refractivity contribution is 0.112. The van der Waals surface area contributed by atoms with Crippen molar-refractivity contribution >= 4 is 0 Å². The molecule has 3 rings (SSSR count). The van der Waals surface area contributed by atoms with Crippen molar-refractivity contribution in [1.82, 2.24) is 4.90 Å². The topological polar surface area (TPSA) is 32.7 Å². The largest absolute Gasteiger partial charge is 0.303 e. The van der Waals surface area contributed by atoms with Crippen molar-refractivity contribution in [3.8, 4) is 0 Å². The molecule has 2 aliphatic carbocycles. The van der Waals surface area contributed by atoms with Gasteiger partial charge < -0.3 is 4.90 Å². The van der Waals surface area contributed by atoms with Crippen molar-refractivity contribution in [3.05, 3.63) is 17.2 Å². The Hall–Kier alpha value is -0.700. The van der Waals surface area contributed by atoms with E-state index in [-0.39, 0.29) is 0 Å². The van der Waals surface area contributed by atoms with E-state index in [1.165, 1.54) is 103 Å². The molecular weight excluding hydrogens is 308 g/mol. The Bertz CT molecular complexity index is 416. The minimum absolute atomic E-state index is 0.360. The molecule has 3 aliphatic rings. The van der Waals surface area contributed by atoms with Gasteiger partial charge in [-0.25, -0.2) is 0 Å². The summed E-state index contributed by atoms with van der Waals surface area (Å²) in [6, 6.07) is 0. The summed E-state index contributed by atoms with van der Waals surface area (Å²) >= 11 is 0. The van der Waals surface area contributed by atoms with Crippen LogP contribution in [0.15, 0.2) is 17.5 Å². The van der Waals surface area contributed by atoms with Crippen molar-refractivity contribution < 1.29 is 0 Å². The standard InChI is InChI=1S/C22H38N2O/c1-18(23-25)22(20-10-6-3-7-11-20)21-13-16-24(17-14-21)15-12-19-8-4-2-5-9-19/h19-22H,1-17H2. The van der Waals surface area contributed by atoms with Gasteiger partial charge in [0.15, 0.2) is 0 Å². The van der Waals surface area contributed by atoms with Crippen LogP contribution < -0.4 is 0 Å². The molecule has 1 heterocycles. The molecule has 0 aromatic rings. The zero-order valence-electron chi connectivity index (χ0n) is 16.1. The summed E-state index contributed by atoms with van der Waals surface area (Å²) < 4.78 is 0. The molecule has 1 unspecified atom stereocenters. The van der Waals surface area contributed by atoms with Gasteiger partial charge in [-0.3, -0.25) is 0 Å². The smallest absolute Gasteiger partial charge is 0.0813 e. The zero-order valence-corrected chi connectivity index (χ0v) is 16.1. The third-order valence-corrected chi connectivity index (χ3v) is 7.38. The molecule has 3 heteroatoms. The van der Waals surface area contributed by atoms with Gasteiger partial charge in [0.2, 0.25) is 0 Å². The lowest BCUT2D eigenvalue weighted by Gasteiger charge is -2.40. The molecule has 3 nitrogen and oxygen atoms in total. The Balaban J connectivity index is 1.46. The minimum atomic E-state index is 0.360. The highest BCUT2D eigenvalue weighted by atomic mass is 16.3. The van der Waals surface area contributed by atoms with Crippen LogP contribution in [0.5, 0.6) is 0 Å². The molecule has 0 amide bonds. The summed E-state index contributed by atoms with van der Waals surface area (Å²) in [4.78, 5) is 13.9. The van der Waals surface area contributed by atoms with Gasteiger partial charge in [0.05, 0.1) is 5.70 Å². The Labute approximate surface area is 154 Å². The van der Waals surface area contributed by atoms with Gasteiger partial charge in [0.1, 0.15) is 0 Å². The maximum absolute atomic E-state index is 11.2. The summed E-state index contributed by atoms with van der Waals surface area (Å²) in [6.45, 7) is 7.77. The van der Waals surface area contributed by atoms with Gasteiger partial charge in [-0.2, -0.15) is 0 Å². The van der Waals surface area contributed by atoms with Gasteiger partial charge in [0, 0.05) is 5.92 Å². The van der Waals surface area contributed by atoms with Crippen molar-refractivity contribution in [1.29, 1.82) is 0 Å². The number of hydrogen-bond acceptors (Lipinski definition) is 3. The summed E-state index contributed by atoms with van der Waals surface area (Å²) in [5.74, 6) is 2.65. The zero-order chi connectivity index (χ0) is 17.5. The maximum atomic E-state index is 11.2. The van der Waals surface area contributed by atoms with E-state index in [2.05, 4.69) is 16.7 Å². The van der Waals surface area contributed by atoms with E-state index >= 15 is 0 Å². The first kappa shape index (κ1) is 19.1. The third kappa shape index (κ3) is 5.39. The monoisotopic (exact) mass is 346 g/mol. The van der Waals surface area contributed by atoms with E-state index in [1.54, 1.807) is 0 Å². The van der Waals surface area contributed by atoms with E-state index in [0.29, 0.717) is 23.5 Å². The number of rotatable bonds is 7. The predicted molar refractivity (Wildman–Crippen MR) is 105 cm³/mol. The molecular formula is C22H38N2O. The molecule has 0 N–H and O–H groups in total. The van der Waals surface area contributed by atoms with E-state index in [4.69, 9.17) is 0 Å². The van der Waals surface area contributed by atoms with Crippen molar-refractivity contribution in [2.45, 2.75) is 83.5 Å². The van der Waals surface area contributed by atoms with E-state index < -0.39 is 0 Å². The molecule has 1 aliphatic heterocycles. The Morgan fingerprint density at radius 3 is 2.04 bits per heavy atom. The molecule has 0 spiro atoms. The molecule has 2 saturated carbocycles. The molecule has 1 saturated heterocycles. The second-order valence-electron chi connectivity index (χ2n) is 8.98. The number of likely N-dealkylation sites (tertiary alicyclic amines) is 1. The fraction of sp³-hybridized carbons (Fsp3) is 0.909. The van der Waals surface area contributed by atoms with Crippen LogP contribution in [-0.2, 0) is 0 Å². The highest BCUT2D eigenvalue weighted by Gasteiger charge is 2.35. The molecule has 3 fully saturated rings. The van der Waals surface area contributed by atoms with Crippen molar-refractivity contribution in [2.75, 3.05) is 19.6 Å². The van der Waals surface area contributed by atoms with Gasteiger partial charge in [-0.15, -0.1) is 4.91 Å². The van der Waals surface area contributed by atoms with Gasteiger partial charge in [-0.1, -0.05) is 57.9 Å². The summed E-state index contributed by atoms with van der Waals surface area (Å²) in [6.07, 6.45) is 17.7. The number of allylic oxidation sites excluding steroid dienone is 1. The quantitative estimate of drug-likeness (QED) is 0.518. The van der Waals surface area contributed by atoms with Crippen LogP contribution in [0.2, 0.25) is 0 Å². The van der Waals surface area contributed by atoms with E-state index in [1.807, 2.05) is 0 Å². The average Bonchev–Trinajstić information content (AvgIpc) is 2.69. The van der Waals surface area contributed by atoms with Gasteiger partial charge in [0.25, 0.3) is 0 Å². The molecule has 0 bridgehead atoms. The van der Waals surface area contributed by atoms with Crippen molar-refractivity contribution in [2.24, 2.45) is 28.8 Å². The van der Waals surface area contributed by atoms with Gasteiger partial charge >= 0.3 is 0 Å². The summed E-state index contributed by atoms with van der Waals surface area (Å²) in [5.41, 5.74) is 0.646. The molecule has 0 aromatic heterocycles. The van der Waals surface area contributed by atoms with Crippen LogP contribution in [-0.4, -0.2) is 24.5 Å². The number of nitroso groups, excluding NO2 is 1. The Morgan fingerprint density at radius 1 is 0.880 bits per heavy atom. The summed E-state index contributed by atoms with van der Waals surface area (Å²) in [7, 11) is 0. The maximum Gasteiger partial charge on any atom is 0.0813 e. The van der Waals surface area contributed by atoms with E-state index in [0.717, 1.165) is 5.92 Å². The van der Waals surface area contributed by atoms with Crippen LogP contribution in [0.1, 0.15) is 83.5 Å². The lowest BCUT2D eigenvalue weighted by Crippen LogP contribution is -2.39. The molecule has 0 aromatic carbocycles.